The SMILES string of the molecule is CCCCCCCC/C=C\CCCCCCCCO.CCCCCCCC/C=C\CCCCCCCCO. The summed E-state index contributed by atoms with van der Waals surface area (Å²) in [7, 11) is 0. The molecule has 0 aliphatic heterocycles. The standard InChI is InChI=1S/2C18H36O/c2*1-2-3-4-5-6-7-8-9-10-11-12-13-14-15-16-17-18-19/h2*9-10,19H,2-8,11-18H2,1H3/b2*10-9-. The largest absolute Gasteiger partial charge is 0.396 e. The van der Waals surface area contributed by atoms with Crippen LogP contribution in [0.4, 0.5) is 0 Å². The molecule has 0 heterocycles. The lowest BCUT2D eigenvalue weighted by molar-refractivity contribution is 0.282. The van der Waals surface area contributed by atoms with Crippen molar-refractivity contribution >= 4 is 0 Å². The summed E-state index contributed by atoms with van der Waals surface area (Å²) >= 11 is 0. The Morgan fingerprint density at radius 2 is 0.500 bits per heavy atom. The van der Waals surface area contributed by atoms with Crippen LogP contribution in [0.1, 0.15) is 194 Å². The predicted molar refractivity (Wildman–Crippen MR) is 173 cm³/mol. The number of aliphatic hydroxyl groups is 2. The van der Waals surface area contributed by atoms with E-state index in [0.29, 0.717) is 13.2 Å². The molecule has 0 fully saturated rings. The van der Waals surface area contributed by atoms with Gasteiger partial charge in [-0.25, -0.2) is 0 Å². The maximum atomic E-state index is 8.66. The van der Waals surface area contributed by atoms with Gasteiger partial charge in [0.15, 0.2) is 0 Å². The van der Waals surface area contributed by atoms with Gasteiger partial charge in [-0.15, -0.1) is 0 Å². The molecule has 0 saturated carbocycles. The molecule has 0 aliphatic rings. The van der Waals surface area contributed by atoms with Crippen LogP contribution < -0.4 is 0 Å². The van der Waals surface area contributed by atoms with Crippen LogP contribution in [0.15, 0.2) is 24.3 Å². The van der Waals surface area contributed by atoms with Gasteiger partial charge in [0.1, 0.15) is 0 Å². The minimum absolute atomic E-state index is 0.362. The van der Waals surface area contributed by atoms with E-state index >= 15 is 0 Å². The molecule has 2 N–H and O–H groups in total. The number of allylic oxidation sites excluding steroid dienone is 4. The summed E-state index contributed by atoms with van der Waals surface area (Å²) in [6.07, 6.45) is 46.4. The Balaban J connectivity index is 0. The van der Waals surface area contributed by atoms with Crippen LogP contribution in [0, 0.1) is 0 Å². The molecular formula is C36H72O2. The maximum absolute atomic E-state index is 8.66. The van der Waals surface area contributed by atoms with E-state index in [1.54, 1.807) is 0 Å². The second-order valence-corrected chi connectivity index (χ2v) is 11.3. The van der Waals surface area contributed by atoms with Gasteiger partial charge in [0.25, 0.3) is 0 Å². The number of unbranched alkanes of at least 4 members (excludes halogenated alkanes) is 24. The highest BCUT2D eigenvalue weighted by molar-refractivity contribution is 4.82. The Kier molecular flexibility index (Phi) is 42.5. The first-order valence-electron chi connectivity index (χ1n) is 17.3. The van der Waals surface area contributed by atoms with E-state index in [0.717, 1.165) is 12.8 Å². The lowest BCUT2D eigenvalue weighted by Gasteiger charge is -1.99. The lowest BCUT2D eigenvalue weighted by atomic mass is 10.1. The molecule has 0 radical (unpaired) electrons. The number of hydrogen-bond acceptors (Lipinski definition) is 2. The van der Waals surface area contributed by atoms with Crippen LogP contribution in [0.3, 0.4) is 0 Å². The Morgan fingerprint density at radius 1 is 0.289 bits per heavy atom. The van der Waals surface area contributed by atoms with Crippen LogP contribution in [0.2, 0.25) is 0 Å². The van der Waals surface area contributed by atoms with Gasteiger partial charge < -0.3 is 10.2 Å². The van der Waals surface area contributed by atoms with Gasteiger partial charge in [0.2, 0.25) is 0 Å². The number of hydrogen-bond donors (Lipinski definition) is 2. The Hall–Kier alpha value is -0.600. The molecule has 0 aliphatic carbocycles. The molecule has 0 bridgehead atoms. The zero-order chi connectivity index (χ0) is 28.0. The molecule has 0 aromatic heterocycles. The lowest BCUT2D eigenvalue weighted by Crippen LogP contribution is -1.83. The number of aliphatic hydroxyl groups excluding tert-OH is 2. The first-order valence-corrected chi connectivity index (χ1v) is 17.3. The number of rotatable bonds is 30. The summed E-state index contributed by atoms with van der Waals surface area (Å²) in [6, 6.07) is 0. The fourth-order valence-electron chi connectivity index (χ4n) is 4.72. The van der Waals surface area contributed by atoms with E-state index < -0.39 is 0 Å². The highest BCUT2D eigenvalue weighted by atomic mass is 16.3. The fraction of sp³-hybridized carbons (Fsp3) is 0.889. The van der Waals surface area contributed by atoms with E-state index in [2.05, 4.69) is 38.2 Å². The first-order chi connectivity index (χ1) is 18.8. The van der Waals surface area contributed by atoms with Crippen molar-refractivity contribution < 1.29 is 10.2 Å². The van der Waals surface area contributed by atoms with Crippen LogP contribution in [-0.2, 0) is 0 Å². The van der Waals surface area contributed by atoms with Crippen molar-refractivity contribution in [3.63, 3.8) is 0 Å². The molecule has 0 atom stereocenters. The van der Waals surface area contributed by atoms with Gasteiger partial charge in [-0.1, -0.05) is 154 Å². The third kappa shape index (κ3) is 42.5. The molecule has 0 spiro atoms. The van der Waals surface area contributed by atoms with Crippen molar-refractivity contribution in [2.24, 2.45) is 0 Å². The molecular weight excluding hydrogens is 464 g/mol. The summed E-state index contributed by atoms with van der Waals surface area (Å²) in [5.74, 6) is 0. The zero-order valence-corrected chi connectivity index (χ0v) is 26.4. The van der Waals surface area contributed by atoms with Gasteiger partial charge in [0, 0.05) is 13.2 Å². The Morgan fingerprint density at radius 3 is 0.737 bits per heavy atom. The van der Waals surface area contributed by atoms with Gasteiger partial charge in [-0.3, -0.25) is 0 Å². The van der Waals surface area contributed by atoms with E-state index in [1.165, 1.54) is 167 Å². The fourth-order valence-corrected chi connectivity index (χ4v) is 4.72. The second kappa shape index (κ2) is 40.9. The zero-order valence-electron chi connectivity index (χ0n) is 26.4. The minimum Gasteiger partial charge on any atom is -0.396 e. The van der Waals surface area contributed by atoms with Crippen molar-refractivity contribution in [2.45, 2.75) is 194 Å². The summed E-state index contributed by atoms with van der Waals surface area (Å²) in [5, 5.41) is 17.3. The Labute approximate surface area is 241 Å². The van der Waals surface area contributed by atoms with Gasteiger partial charge in [-0.2, -0.15) is 0 Å². The summed E-state index contributed by atoms with van der Waals surface area (Å²) in [5.41, 5.74) is 0. The normalized spacial score (nSPS) is 11.5. The first kappa shape index (κ1) is 39.5. The highest BCUT2D eigenvalue weighted by Gasteiger charge is 1.92. The summed E-state index contributed by atoms with van der Waals surface area (Å²) in [6.45, 7) is 5.27. The van der Waals surface area contributed by atoms with E-state index in [-0.39, 0.29) is 0 Å². The van der Waals surface area contributed by atoms with Crippen LogP contribution in [0.25, 0.3) is 0 Å². The quantitative estimate of drug-likeness (QED) is 0.0707. The molecule has 0 amide bonds. The minimum atomic E-state index is 0.362. The van der Waals surface area contributed by atoms with Crippen LogP contribution in [-0.4, -0.2) is 23.4 Å². The van der Waals surface area contributed by atoms with E-state index in [4.69, 9.17) is 10.2 Å². The second-order valence-electron chi connectivity index (χ2n) is 11.3. The molecule has 0 saturated heterocycles. The monoisotopic (exact) mass is 537 g/mol. The van der Waals surface area contributed by atoms with Crippen molar-refractivity contribution in [3.05, 3.63) is 24.3 Å². The molecule has 0 rings (SSSR count). The highest BCUT2D eigenvalue weighted by Crippen LogP contribution is 2.11. The molecule has 2 heteroatoms. The van der Waals surface area contributed by atoms with E-state index in [1.807, 2.05) is 0 Å². The third-order valence-electron chi connectivity index (χ3n) is 7.34. The van der Waals surface area contributed by atoms with Crippen LogP contribution in [0.5, 0.6) is 0 Å². The molecule has 2 nitrogen and oxygen atoms in total. The molecule has 38 heavy (non-hydrogen) atoms. The molecule has 0 unspecified atom stereocenters. The average Bonchev–Trinajstić information content (AvgIpc) is 2.93. The molecule has 228 valence electrons. The predicted octanol–water partition coefficient (Wildman–Crippen LogP) is 12.0. The third-order valence-corrected chi connectivity index (χ3v) is 7.34. The summed E-state index contributed by atoms with van der Waals surface area (Å²) < 4.78 is 0. The van der Waals surface area contributed by atoms with Gasteiger partial charge in [-0.05, 0) is 64.2 Å². The van der Waals surface area contributed by atoms with E-state index in [9.17, 15) is 0 Å². The van der Waals surface area contributed by atoms with Gasteiger partial charge in [0.05, 0.1) is 0 Å². The van der Waals surface area contributed by atoms with Crippen LogP contribution >= 0.6 is 0 Å². The van der Waals surface area contributed by atoms with Crippen molar-refractivity contribution in [1.82, 2.24) is 0 Å². The summed E-state index contributed by atoms with van der Waals surface area (Å²) in [4.78, 5) is 0. The molecule has 0 aromatic carbocycles. The van der Waals surface area contributed by atoms with Crippen molar-refractivity contribution in [3.8, 4) is 0 Å². The van der Waals surface area contributed by atoms with Crippen molar-refractivity contribution in [1.29, 1.82) is 0 Å². The van der Waals surface area contributed by atoms with Crippen molar-refractivity contribution in [2.75, 3.05) is 13.2 Å². The maximum Gasteiger partial charge on any atom is 0.0431 e. The topological polar surface area (TPSA) is 40.5 Å². The Bertz CT molecular complexity index is 389. The smallest absolute Gasteiger partial charge is 0.0431 e. The molecule has 0 aromatic rings. The van der Waals surface area contributed by atoms with Gasteiger partial charge >= 0.3 is 0 Å². The average molecular weight is 537 g/mol.